The molecule has 0 saturated heterocycles. The third-order valence-electron chi connectivity index (χ3n) is 7.92. The van der Waals surface area contributed by atoms with Crippen LogP contribution in [0.25, 0.3) is 11.4 Å². The molecule has 0 radical (unpaired) electrons. The van der Waals surface area contributed by atoms with E-state index < -0.39 is 10.0 Å². The summed E-state index contributed by atoms with van der Waals surface area (Å²) in [7, 11) is -3.60. The average Bonchev–Trinajstić information content (AvgIpc) is 3.31. The minimum atomic E-state index is -3.60. The van der Waals surface area contributed by atoms with E-state index in [0.29, 0.717) is 28.5 Å². The highest BCUT2D eigenvalue weighted by molar-refractivity contribution is 7.89. The van der Waals surface area contributed by atoms with E-state index in [1.165, 1.54) is 17.0 Å². The number of sulfonamides is 1. The summed E-state index contributed by atoms with van der Waals surface area (Å²) in [5.41, 5.74) is 7.86. The lowest BCUT2D eigenvalue weighted by atomic mass is 9.84. The second-order valence-corrected chi connectivity index (χ2v) is 13.4. The summed E-state index contributed by atoms with van der Waals surface area (Å²) in [6.07, 6.45) is 12.8. The van der Waals surface area contributed by atoms with E-state index in [2.05, 4.69) is 31.5 Å². The number of thiazole rings is 1. The Morgan fingerprint density at radius 2 is 1.87 bits per heavy atom. The third-order valence-corrected chi connectivity index (χ3v) is 10.4. The maximum absolute atomic E-state index is 13.1. The second-order valence-electron chi connectivity index (χ2n) is 10.6. The Bertz CT molecular complexity index is 1310. The molecule has 204 valence electrons. The quantitative estimate of drug-likeness (QED) is 0.374. The average molecular weight is 555 g/mol. The monoisotopic (exact) mass is 554 g/mol. The topological polar surface area (TPSA) is 114 Å². The number of benzene rings is 1. The number of hydrogen-bond donors (Lipinski definition) is 2. The normalized spacial score (nSPS) is 21.9. The van der Waals surface area contributed by atoms with Crippen molar-refractivity contribution in [3.05, 3.63) is 53.3 Å². The van der Waals surface area contributed by atoms with Gasteiger partial charge < -0.3 is 10.6 Å². The van der Waals surface area contributed by atoms with Crippen LogP contribution in [0.5, 0.6) is 0 Å². The van der Waals surface area contributed by atoms with Gasteiger partial charge in [-0.2, -0.15) is 0 Å². The molecule has 38 heavy (non-hydrogen) atoms. The first-order chi connectivity index (χ1) is 18.4. The van der Waals surface area contributed by atoms with Crippen molar-refractivity contribution >= 4 is 26.5 Å². The van der Waals surface area contributed by atoms with E-state index in [1.807, 2.05) is 6.07 Å². The van der Waals surface area contributed by atoms with Crippen molar-refractivity contribution in [2.75, 3.05) is 18.8 Å². The number of aryl methyl sites for hydroxylation is 1. The maximum Gasteiger partial charge on any atom is 0.240 e. The molecule has 0 aliphatic heterocycles. The predicted octanol–water partition coefficient (Wildman–Crippen LogP) is 4.68. The maximum atomic E-state index is 13.1. The highest BCUT2D eigenvalue weighted by atomic mass is 32.2. The summed E-state index contributed by atoms with van der Waals surface area (Å²) in [6, 6.07) is 9.16. The van der Waals surface area contributed by atoms with E-state index in [4.69, 9.17) is 5.73 Å². The lowest BCUT2D eigenvalue weighted by Gasteiger charge is -2.36. The zero-order chi connectivity index (χ0) is 26.5. The summed E-state index contributed by atoms with van der Waals surface area (Å²) >= 11 is 1.66. The molecular formula is C28H38N6O2S2. The smallest absolute Gasteiger partial charge is 0.240 e. The number of hydrogen-bond acceptors (Lipinski definition) is 8. The first-order valence-corrected chi connectivity index (χ1v) is 16.1. The van der Waals surface area contributed by atoms with Crippen molar-refractivity contribution in [1.29, 1.82) is 0 Å². The first kappa shape index (κ1) is 27.2. The molecule has 2 aliphatic carbocycles. The number of aromatic nitrogens is 3. The van der Waals surface area contributed by atoms with E-state index in [-0.39, 0.29) is 10.9 Å². The van der Waals surface area contributed by atoms with Crippen molar-refractivity contribution in [1.82, 2.24) is 24.6 Å². The molecule has 2 aliphatic rings. The van der Waals surface area contributed by atoms with Crippen LogP contribution in [0, 0.1) is 5.92 Å². The van der Waals surface area contributed by atoms with Gasteiger partial charge in [-0.1, -0.05) is 19.1 Å². The van der Waals surface area contributed by atoms with E-state index in [9.17, 15) is 8.42 Å². The Morgan fingerprint density at radius 1 is 1.08 bits per heavy atom. The molecule has 1 aromatic carbocycles. The molecule has 0 bridgehead atoms. The summed E-state index contributed by atoms with van der Waals surface area (Å²) in [5, 5.41) is 0.697. The van der Waals surface area contributed by atoms with Gasteiger partial charge in [-0.25, -0.2) is 28.1 Å². The molecule has 2 heterocycles. The largest absolute Gasteiger partial charge is 0.375 e. The van der Waals surface area contributed by atoms with Crippen molar-refractivity contribution in [2.24, 2.45) is 5.92 Å². The predicted molar refractivity (Wildman–Crippen MR) is 152 cm³/mol. The zero-order valence-corrected chi connectivity index (χ0v) is 23.7. The molecule has 5 rings (SSSR count). The first-order valence-electron chi connectivity index (χ1n) is 13.8. The van der Waals surface area contributed by atoms with Crippen LogP contribution in [0.2, 0.25) is 0 Å². The highest BCUT2D eigenvalue weighted by Gasteiger charge is 2.29. The molecule has 3 N–H and O–H groups in total. The van der Waals surface area contributed by atoms with Crippen molar-refractivity contribution in [2.45, 2.75) is 81.7 Å². The Hall–Kier alpha value is -2.40. The van der Waals surface area contributed by atoms with Crippen molar-refractivity contribution in [3.63, 3.8) is 0 Å². The van der Waals surface area contributed by atoms with E-state index in [0.717, 1.165) is 64.5 Å². The van der Waals surface area contributed by atoms with Crippen molar-refractivity contribution in [3.8, 4) is 11.4 Å². The number of anilines is 1. The SMILES string of the molecule is CCCN(CCC1CCC(NS(=O)(=O)c2cccc(-c3ncccn3)c2)CC1)[C@H]1CCc2nc(N)sc2C1. The van der Waals surface area contributed by atoms with Gasteiger partial charge in [-0.15, -0.1) is 11.3 Å². The van der Waals surface area contributed by atoms with Crippen LogP contribution in [-0.4, -0.2) is 53.4 Å². The fourth-order valence-electron chi connectivity index (χ4n) is 5.91. The van der Waals surface area contributed by atoms with Crippen LogP contribution in [0.1, 0.15) is 62.4 Å². The van der Waals surface area contributed by atoms with Crippen LogP contribution < -0.4 is 10.5 Å². The van der Waals surface area contributed by atoms with Gasteiger partial charge in [-0.05, 0) is 95.0 Å². The summed E-state index contributed by atoms with van der Waals surface area (Å²) in [4.78, 5) is 17.3. The fraction of sp³-hybridized carbons (Fsp3) is 0.536. The van der Waals surface area contributed by atoms with Crippen LogP contribution in [0.15, 0.2) is 47.6 Å². The minimum Gasteiger partial charge on any atom is -0.375 e. The van der Waals surface area contributed by atoms with Gasteiger partial charge in [0.1, 0.15) is 0 Å². The molecule has 1 atom stereocenters. The molecule has 10 heteroatoms. The second kappa shape index (κ2) is 12.2. The standard InChI is InChI=1S/C28H38N6O2S2/c1-2-16-34(23-11-12-25-26(19-23)37-28(29)32-25)17-13-20-7-9-22(10-8-20)33-38(35,36)24-6-3-5-21(18-24)27-30-14-4-15-31-27/h3-6,14-15,18,20,22-23,33H,2,7-13,16-17,19H2,1H3,(H2,29,32)/t20?,22?,23-/m0/s1. The number of fused-ring (bicyclic) bond motifs is 1. The summed E-state index contributed by atoms with van der Waals surface area (Å²) in [6.45, 7) is 4.49. The lowest BCUT2D eigenvalue weighted by Crippen LogP contribution is -2.41. The van der Waals surface area contributed by atoms with Crippen LogP contribution >= 0.6 is 11.3 Å². The van der Waals surface area contributed by atoms with E-state index in [1.54, 1.807) is 48.0 Å². The van der Waals surface area contributed by atoms with Crippen LogP contribution in [0.3, 0.4) is 0 Å². The molecule has 2 aromatic heterocycles. The Morgan fingerprint density at radius 3 is 2.63 bits per heavy atom. The number of nitrogens with one attached hydrogen (secondary N) is 1. The molecule has 3 aromatic rings. The van der Waals surface area contributed by atoms with Gasteiger partial charge in [0.25, 0.3) is 0 Å². The Labute approximate surface area is 230 Å². The molecule has 0 spiro atoms. The molecule has 8 nitrogen and oxygen atoms in total. The zero-order valence-electron chi connectivity index (χ0n) is 22.1. The highest BCUT2D eigenvalue weighted by Crippen LogP contribution is 2.32. The number of rotatable bonds is 10. The van der Waals surface area contributed by atoms with Crippen LogP contribution in [0.4, 0.5) is 5.13 Å². The van der Waals surface area contributed by atoms with Gasteiger partial charge in [0.2, 0.25) is 10.0 Å². The third kappa shape index (κ3) is 6.59. The van der Waals surface area contributed by atoms with E-state index >= 15 is 0 Å². The number of nitrogens with two attached hydrogens (primary N) is 1. The van der Waals surface area contributed by atoms with Crippen molar-refractivity contribution < 1.29 is 8.42 Å². The molecule has 1 saturated carbocycles. The lowest BCUT2D eigenvalue weighted by molar-refractivity contribution is 0.158. The van der Waals surface area contributed by atoms with Gasteiger partial charge in [0.15, 0.2) is 11.0 Å². The van der Waals surface area contributed by atoms with Gasteiger partial charge >= 0.3 is 0 Å². The fourth-order valence-corrected chi connectivity index (χ4v) is 8.21. The molecule has 1 fully saturated rings. The molecule has 0 amide bonds. The van der Waals surface area contributed by atoms with Gasteiger partial charge in [0, 0.05) is 34.9 Å². The summed E-state index contributed by atoms with van der Waals surface area (Å²) < 4.78 is 29.3. The minimum absolute atomic E-state index is 0.0202. The molecule has 0 unspecified atom stereocenters. The Kier molecular flexibility index (Phi) is 8.72. The number of nitrogens with zero attached hydrogens (tertiary/aromatic N) is 4. The number of nitrogen functional groups attached to an aromatic ring is 1. The van der Waals surface area contributed by atoms with Gasteiger partial charge in [-0.3, -0.25) is 0 Å². The summed E-state index contributed by atoms with van der Waals surface area (Å²) in [5.74, 6) is 1.17. The Balaban J connectivity index is 1.12. The van der Waals surface area contributed by atoms with Gasteiger partial charge in [0.05, 0.1) is 10.6 Å². The molecular weight excluding hydrogens is 516 g/mol. The van der Waals surface area contributed by atoms with Crippen LogP contribution in [-0.2, 0) is 22.9 Å².